The standard InChI is InChI=1S/C29H31BrN2O5S/c1-4-12-32-13-11-28-25-18-5-7-22(34)26(25)36-27(28)21(9-10-29(28,23(32)14-18)37-17(2)33)31(3)24(35)8-6-20-15-19(30)16-38-20/h4-8,15-16,21,23,27,34H,1,9-14H2,2-3H3/b8-6+/t21-,23+,27-,28-,29+/m0/s1. The van der Waals surface area contributed by atoms with Crippen LogP contribution in [-0.4, -0.2) is 70.7 Å². The first-order valence-corrected chi connectivity index (χ1v) is 14.6. The first-order chi connectivity index (χ1) is 18.2. The molecule has 9 heteroatoms. The number of aromatic hydroxyl groups is 1. The van der Waals surface area contributed by atoms with Crippen LogP contribution in [-0.2, 0) is 26.2 Å². The molecule has 2 fully saturated rings. The van der Waals surface area contributed by atoms with Gasteiger partial charge in [-0.25, -0.2) is 0 Å². The van der Waals surface area contributed by atoms with E-state index in [9.17, 15) is 14.7 Å². The van der Waals surface area contributed by atoms with Crippen molar-refractivity contribution in [2.75, 3.05) is 20.1 Å². The Morgan fingerprint density at radius 1 is 1.39 bits per heavy atom. The summed E-state index contributed by atoms with van der Waals surface area (Å²) in [5.74, 6) is 0.133. The zero-order chi connectivity index (χ0) is 26.8. The van der Waals surface area contributed by atoms with Gasteiger partial charge in [0.1, 0.15) is 11.7 Å². The number of ether oxygens (including phenoxy) is 2. The molecule has 200 valence electrons. The monoisotopic (exact) mass is 598 g/mol. The van der Waals surface area contributed by atoms with Gasteiger partial charge in [0.2, 0.25) is 5.91 Å². The van der Waals surface area contributed by atoms with Crippen LogP contribution in [0.1, 0.15) is 42.2 Å². The fourth-order valence-electron chi connectivity index (χ4n) is 7.67. The molecule has 7 nitrogen and oxygen atoms in total. The normalized spacial score (nSPS) is 31.0. The SMILES string of the molecule is C=CCN1CC[C@]23c4c5ccc(O)c4O[C@H]2[C@@H](N(C)C(=O)/C=C/c2cc(Br)cs2)CC[C@@]3(OC(C)=O)[C@H]1C5. The highest BCUT2D eigenvalue weighted by Crippen LogP contribution is 2.67. The third-order valence-electron chi connectivity index (χ3n) is 9.01. The number of rotatable bonds is 6. The maximum Gasteiger partial charge on any atom is 0.303 e. The number of phenolic OH excluding ortho intramolecular Hbond substituents is 1. The fraction of sp³-hybridized carbons (Fsp3) is 0.448. The van der Waals surface area contributed by atoms with Gasteiger partial charge in [-0.1, -0.05) is 12.1 Å². The van der Waals surface area contributed by atoms with Crippen molar-refractivity contribution in [1.29, 1.82) is 0 Å². The fourth-order valence-corrected chi connectivity index (χ4v) is 9.01. The number of carbonyl (C=O) groups excluding carboxylic acids is 2. The summed E-state index contributed by atoms with van der Waals surface area (Å²) in [5, 5.41) is 12.9. The molecule has 1 amide bonds. The minimum atomic E-state index is -0.823. The van der Waals surface area contributed by atoms with E-state index in [1.165, 1.54) is 6.92 Å². The number of amides is 1. The van der Waals surface area contributed by atoms with Gasteiger partial charge in [-0.3, -0.25) is 14.5 Å². The second kappa shape index (κ2) is 9.24. The highest BCUT2D eigenvalue weighted by Gasteiger charge is 2.75. The van der Waals surface area contributed by atoms with Gasteiger partial charge in [0.15, 0.2) is 11.5 Å². The highest BCUT2D eigenvalue weighted by molar-refractivity contribution is 9.10. The van der Waals surface area contributed by atoms with Gasteiger partial charge in [0.05, 0.1) is 17.5 Å². The number of halogens is 1. The molecule has 2 aromatic rings. The third kappa shape index (κ3) is 3.54. The summed E-state index contributed by atoms with van der Waals surface area (Å²) in [4.78, 5) is 31.2. The van der Waals surface area contributed by atoms with Gasteiger partial charge >= 0.3 is 5.97 Å². The summed E-state index contributed by atoms with van der Waals surface area (Å²) >= 11 is 5.02. The van der Waals surface area contributed by atoms with E-state index in [4.69, 9.17) is 9.47 Å². The molecule has 3 heterocycles. The van der Waals surface area contributed by atoms with Crippen molar-refractivity contribution in [2.45, 2.75) is 61.8 Å². The Balaban J connectivity index is 1.44. The van der Waals surface area contributed by atoms with Crippen LogP contribution in [0.4, 0.5) is 0 Å². The molecule has 0 radical (unpaired) electrons. The van der Waals surface area contributed by atoms with Gasteiger partial charge < -0.3 is 19.5 Å². The van der Waals surface area contributed by atoms with Crippen LogP contribution in [0.25, 0.3) is 6.08 Å². The lowest BCUT2D eigenvalue weighted by Crippen LogP contribution is -2.79. The molecular weight excluding hydrogens is 568 g/mol. The van der Waals surface area contributed by atoms with Crippen molar-refractivity contribution >= 4 is 45.2 Å². The zero-order valence-corrected chi connectivity index (χ0v) is 23.9. The van der Waals surface area contributed by atoms with Crippen molar-refractivity contribution in [2.24, 2.45) is 0 Å². The molecule has 4 aliphatic rings. The van der Waals surface area contributed by atoms with E-state index in [1.54, 1.807) is 28.4 Å². The van der Waals surface area contributed by atoms with Crippen molar-refractivity contribution < 1.29 is 24.2 Å². The first-order valence-electron chi connectivity index (χ1n) is 13.0. The number of hydrogen-bond donors (Lipinski definition) is 1. The highest BCUT2D eigenvalue weighted by atomic mass is 79.9. The molecule has 1 spiro atoms. The summed E-state index contributed by atoms with van der Waals surface area (Å²) in [5.41, 5.74) is 0.584. The summed E-state index contributed by atoms with van der Waals surface area (Å²) in [6.07, 6.45) is 7.48. The number of hydrogen-bond acceptors (Lipinski definition) is 7. The molecule has 5 atom stereocenters. The van der Waals surface area contributed by atoms with Crippen LogP contribution < -0.4 is 4.74 Å². The summed E-state index contributed by atoms with van der Waals surface area (Å²) < 4.78 is 14.1. The van der Waals surface area contributed by atoms with Crippen LogP contribution in [0.5, 0.6) is 11.5 Å². The number of likely N-dealkylation sites (tertiary alicyclic amines) is 1. The minimum Gasteiger partial charge on any atom is -0.504 e. The van der Waals surface area contributed by atoms with E-state index < -0.39 is 17.1 Å². The van der Waals surface area contributed by atoms with E-state index in [0.29, 0.717) is 38.0 Å². The number of phenols is 1. The number of thiophene rings is 1. The van der Waals surface area contributed by atoms with Crippen LogP contribution in [0, 0.1) is 0 Å². The number of likely N-dealkylation sites (N-methyl/N-ethyl adjacent to an activating group) is 1. The Morgan fingerprint density at radius 3 is 2.92 bits per heavy atom. The van der Waals surface area contributed by atoms with E-state index in [1.807, 2.05) is 36.7 Å². The van der Waals surface area contributed by atoms with Gasteiger partial charge in [-0.15, -0.1) is 17.9 Å². The maximum atomic E-state index is 13.4. The molecule has 2 aliphatic heterocycles. The van der Waals surface area contributed by atoms with Crippen molar-refractivity contribution in [3.8, 4) is 11.5 Å². The van der Waals surface area contributed by atoms with Crippen LogP contribution >= 0.6 is 27.3 Å². The molecule has 38 heavy (non-hydrogen) atoms. The average molecular weight is 600 g/mol. The smallest absolute Gasteiger partial charge is 0.303 e. The topological polar surface area (TPSA) is 79.3 Å². The lowest BCUT2D eigenvalue weighted by molar-refractivity contribution is -0.222. The molecule has 1 saturated carbocycles. The van der Waals surface area contributed by atoms with E-state index >= 15 is 0 Å². The number of piperidine rings is 1. The molecule has 6 rings (SSSR count). The Bertz CT molecular complexity index is 1360. The zero-order valence-electron chi connectivity index (χ0n) is 21.5. The quantitative estimate of drug-likeness (QED) is 0.296. The largest absolute Gasteiger partial charge is 0.504 e. The van der Waals surface area contributed by atoms with Gasteiger partial charge in [0.25, 0.3) is 0 Å². The first kappa shape index (κ1) is 25.6. The number of benzene rings is 1. The lowest BCUT2D eigenvalue weighted by atomic mass is 9.48. The average Bonchev–Trinajstić information content (AvgIpc) is 3.45. The number of nitrogens with zero attached hydrogens (tertiary/aromatic N) is 2. The predicted molar refractivity (Wildman–Crippen MR) is 149 cm³/mol. The molecule has 1 saturated heterocycles. The molecular formula is C29H31BrN2O5S. The van der Waals surface area contributed by atoms with E-state index in [-0.39, 0.29) is 29.7 Å². The Labute approximate surface area is 234 Å². The molecule has 2 aliphatic carbocycles. The summed E-state index contributed by atoms with van der Waals surface area (Å²) in [7, 11) is 1.82. The third-order valence-corrected chi connectivity index (χ3v) is 10.7. The number of esters is 1. The Hall–Kier alpha value is -2.62. The predicted octanol–water partition coefficient (Wildman–Crippen LogP) is 4.67. The second-order valence-corrected chi connectivity index (χ2v) is 12.6. The minimum absolute atomic E-state index is 0.0497. The lowest BCUT2D eigenvalue weighted by Gasteiger charge is -2.65. The van der Waals surface area contributed by atoms with Crippen LogP contribution in [0.3, 0.4) is 0 Å². The molecule has 0 unspecified atom stereocenters. The van der Waals surface area contributed by atoms with Crippen molar-refractivity contribution in [3.05, 3.63) is 62.8 Å². The van der Waals surface area contributed by atoms with Gasteiger partial charge in [-0.05, 0) is 65.4 Å². The van der Waals surface area contributed by atoms with Gasteiger partial charge in [0, 0.05) is 53.4 Å². The molecule has 1 aromatic heterocycles. The summed E-state index contributed by atoms with van der Waals surface area (Å²) in [6.45, 7) is 6.91. The Morgan fingerprint density at radius 2 is 2.21 bits per heavy atom. The van der Waals surface area contributed by atoms with Crippen molar-refractivity contribution in [3.63, 3.8) is 0 Å². The van der Waals surface area contributed by atoms with Gasteiger partial charge in [-0.2, -0.15) is 0 Å². The van der Waals surface area contributed by atoms with Crippen molar-refractivity contribution in [1.82, 2.24) is 9.80 Å². The van der Waals surface area contributed by atoms with Crippen LogP contribution in [0.2, 0.25) is 0 Å². The number of carbonyl (C=O) groups is 2. The Kier molecular flexibility index (Phi) is 6.24. The molecule has 1 aromatic carbocycles. The van der Waals surface area contributed by atoms with E-state index in [0.717, 1.165) is 27.0 Å². The maximum absolute atomic E-state index is 13.4. The van der Waals surface area contributed by atoms with E-state index in [2.05, 4.69) is 27.4 Å². The summed E-state index contributed by atoms with van der Waals surface area (Å²) in [6, 6.07) is 5.34. The molecule has 1 N–H and O–H groups in total. The molecule has 2 bridgehead atoms. The van der Waals surface area contributed by atoms with Crippen LogP contribution in [0.15, 0.2) is 46.8 Å². The second-order valence-electron chi connectivity index (χ2n) is 10.8.